The summed E-state index contributed by atoms with van der Waals surface area (Å²) in [6.45, 7) is 0. The first-order chi connectivity index (χ1) is 1.73. The summed E-state index contributed by atoms with van der Waals surface area (Å²) in [5.74, 6) is 0. The molecule has 0 heterocycles. The standard InChI is InChI=1S/CH6NOP/c1-2(3)4/h3H,4H2,1H3. The largest absolute Gasteiger partial charge is 0.311 e. The molecule has 0 aliphatic heterocycles. The molecule has 0 aromatic heterocycles. The highest BCUT2D eigenvalue weighted by Gasteiger charge is 1.59. The van der Waals surface area contributed by atoms with Gasteiger partial charge in [-0.3, -0.25) is 0 Å². The molecule has 4 heavy (non-hydrogen) atoms. The molecule has 3 heteroatoms. The quantitative estimate of drug-likeness (QED) is 0.328. The van der Waals surface area contributed by atoms with Crippen molar-refractivity contribution in [1.82, 2.24) is 4.83 Å². The van der Waals surface area contributed by atoms with Crippen LogP contribution in [0.3, 0.4) is 0 Å². The molecule has 0 aliphatic rings. The molecule has 0 bridgehead atoms. The SMILES string of the molecule is CN(O)P. The van der Waals surface area contributed by atoms with Crippen molar-refractivity contribution in [2.75, 3.05) is 7.05 Å². The molecule has 0 aliphatic carbocycles. The first-order valence-corrected chi connectivity index (χ1v) is 1.42. The molecular weight excluding hydrogens is 73.0 g/mol. The van der Waals surface area contributed by atoms with Gasteiger partial charge in [-0.2, -0.15) is 4.83 Å². The second-order valence-corrected chi connectivity index (χ2v) is 1.32. The van der Waals surface area contributed by atoms with Crippen molar-refractivity contribution in [2.24, 2.45) is 0 Å². The lowest BCUT2D eigenvalue weighted by atomic mass is 11.6. The Kier molecular flexibility index (Phi) is 1.79. The van der Waals surface area contributed by atoms with Gasteiger partial charge in [-0.25, -0.2) is 0 Å². The molecule has 2 nitrogen and oxygen atoms in total. The summed E-state index contributed by atoms with van der Waals surface area (Å²) in [5, 5.41) is 7.85. The second-order valence-electron chi connectivity index (χ2n) is 0.574. The molecule has 0 rings (SSSR count). The average molecular weight is 79.0 g/mol. The van der Waals surface area contributed by atoms with Crippen LogP contribution in [0.4, 0.5) is 0 Å². The number of hydrogen-bond donors (Lipinski definition) is 1. The van der Waals surface area contributed by atoms with Crippen molar-refractivity contribution >= 4 is 9.39 Å². The number of hydroxylamine groups is 1. The van der Waals surface area contributed by atoms with Gasteiger partial charge in [0.1, 0.15) is 0 Å². The maximum Gasteiger partial charge on any atom is 0.0159 e. The van der Waals surface area contributed by atoms with Crippen molar-refractivity contribution in [3.8, 4) is 0 Å². The van der Waals surface area contributed by atoms with Gasteiger partial charge < -0.3 is 5.21 Å². The molecule has 1 unspecified atom stereocenters. The lowest BCUT2D eigenvalue weighted by Gasteiger charge is -1.88. The number of rotatable bonds is 0. The normalized spacial score (nSPS) is 9.00. The van der Waals surface area contributed by atoms with Crippen molar-refractivity contribution in [3.05, 3.63) is 0 Å². The predicted molar refractivity (Wildman–Crippen MR) is 19.3 cm³/mol. The van der Waals surface area contributed by atoms with Gasteiger partial charge in [0.05, 0.1) is 0 Å². The third kappa shape index (κ3) is 35.0. The fourth-order valence-electron chi connectivity index (χ4n) is 0. The van der Waals surface area contributed by atoms with Crippen molar-refractivity contribution in [2.45, 2.75) is 0 Å². The predicted octanol–water partition coefficient (Wildman–Crippen LogP) is 0.0975. The van der Waals surface area contributed by atoms with Crippen LogP contribution in [0.2, 0.25) is 0 Å². The highest BCUT2D eigenvalue weighted by atomic mass is 31.0. The Hall–Kier alpha value is 0.350. The van der Waals surface area contributed by atoms with E-state index in [9.17, 15) is 0 Å². The van der Waals surface area contributed by atoms with E-state index >= 15 is 0 Å². The third-order valence-electron chi connectivity index (χ3n) is 0. The zero-order valence-corrected chi connectivity index (χ0v) is 3.63. The Morgan fingerprint density at radius 1 is 2.00 bits per heavy atom. The zero-order valence-electron chi connectivity index (χ0n) is 2.47. The van der Waals surface area contributed by atoms with Gasteiger partial charge in [0.25, 0.3) is 0 Å². The van der Waals surface area contributed by atoms with Crippen LogP contribution in [-0.2, 0) is 0 Å². The summed E-state index contributed by atoms with van der Waals surface area (Å²) in [5.41, 5.74) is 0. The molecule has 0 saturated carbocycles. The summed E-state index contributed by atoms with van der Waals surface area (Å²) in [7, 11) is 3.56. The van der Waals surface area contributed by atoms with Crippen LogP contribution in [0.5, 0.6) is 0 Å². The smallest absolute Gasteiger partial charge is 0.0159 e. The van der Waals surface area contributed by atoms with Gasteiger partial charge in [0.15, 0.2) is 0 Å². The van der Waals surface area contributed by atoms with Gasteiger partial charge in [0.2, 0.25) is 0 Å². The van der Waals surface area contributed by atoms with Crippen molar-refractivity contribution in [1.29, 1.82) is 0 Å². The van der Waals surface area contributed by atoms with Crippen LogP contribution in [0.1, 0.15) is 0 Å². The van der Waals surface area contributed by atoms with Crippen molar-refractivity contribution < 1.29 is 5.21 Å². The summed E-state index contributed by atoms with van der Waals surface area (Å²) < 4.78 is 0. The van der Waals surface area contributed by atoms with Crippen LogP contribution in [0.15, 0.2) is 0 Å². The Labute approximate surface area is 27.6 Å². The van der Waals surface area contributed by atoms with E-state index in [1.165, 1.54) is 7.05 Å². The minimum atomic E-state index is 0.917. The maximum atomic E-state index is 7.85. The summed E-state index contributed by atoms with van der Waals surface area (Å²) in [6.07, 6.45) is 0. The first kappa shape index (κ1) is 4.35. The molecule has 1 atom stereocenters. The van der Waals surface area contributed by atoms with E-state index in [4.69, 9.17) is 5.21 Å². The Bertz CT molecular complexity index is 12.8. The molecule has 0 fully saturated rings. The summed E-state index contributed by atoms with van der Waals surface area (Å²) in [4.78, 5) is 0.917. The third-order valence-corrected chi connectivity index (χ3v) is 0. The molecule has 1 N–H and O–H groups in total. The molecule has 26 valence electrons. The van der Waals surface area contributed by atoms with Crippen LogP contribution < -0.4 is 0 Å². The van der Waals surface area contributed by atoms with Crippen LogP contribution in [0.25, 0.3) is 0 Å². The van der Waals surface area contributed by atoms with E-state index in [0.717, 1.165) is 4.83 Å². The highest BCUT2D eigenvalue weighted by molar-refractivity contribution is 7.12. The lowest BCUT2D eigenvalue weighted by molar-refractivity contribution is 0.0438. The van der Waals surface area contributed by atoms with E-state index in [-0.39, 0.29) is 0 Å². The summed E-state index contributed by atoms with van der Waals surface area (Å²) >= 11 is 0. The van der Waals surface area contributed by atoms with Crippen LogP contribution in [-0.4, -0.2) is 17.1 Å². The average Bonchev–Trinajstić information content (AvgIpc) is 0.811. The molecule has 0 amide bonds. The summed E-state index contributed by atoms with van der Waals surface area (Å²) in [6, 6.07) is 0. The Morgan fingerprint density at radius 3 is 2.00 bits per heavy atom. The molecule has 0 radical (unpaired) electrons. The van der Waals surface area contributed by atoms with E-state index in [0.29, 0.717) is 0 Å². The van der Waals surface area contributed by atoms with E-state index in [1.54, 1.807) is 0 Å². The highest BCUT2D eigenvalue weighted by Crippen LogP contribution is 1.77. The molecule has 0 aromatic carbocycles. The van der Waals surface area contributed by atoms with E-state index in [1.807, 2.05) is 9.39 Å². The van der Waals surface area contributed by atoms with Gasteiger partial charge in [-0.05, 0) is 9.39 Å². The molecular formula is CH6NOP. The van der Waals surface area contributed by atoms with Gasteiger partial charge >= 0.3 is 0 Å². The number of nitrogens with zero attached hydrogens (tertiary/aromatic N) is 1. The zero-order chi connectivity index (χ0) is 3.58. The molecule has 0 spiro atoms. The molecule has 0 aromatic rings. The van der Waals surface area contributed by atoms with E-state index in [2.05, 4.69) is 0 Å². The van der Waals surface area contributed by atoms with Gasteiger partial charge in [-0.1, -0.05) is 0 Å². The Balaban J connectivity index is 2.32. The first-order valence-electron chi connectivity index (χ1n) is 0.905. The van der Waals surface area contributed by atoms with Crippen molar-refractivity contribution in [3.63, 3.8) is 0 Å². The number of hydrogen-bond acceptors (Lipinski definition) is 2. The fraction of sp³-hybridized carbons (Fsp3) is 1.00. The molecule has 0 saturated heterocycles. The van der Waals surface area contributed by atoms with Crippen LogP contribution >= 0.6 is 9.39 Å². The topological polar surface area (TPSA) is 23.5 Å². The second kappa shape index (κ2) is 1.65. The van der Waals surface area contributed by atoms with Crippen LogP contribution in [0, 0.1) is 0 Å². The fourth-order valence-corrected chi connectivity index (χ4v) is 0. The van der Waals surface area contributed by atoms with Gasteiger partial charge in [0, 0.05) is 7.05 Å². The maximum absolute atomic E-state index is 7.85. The Morgan fingerprint density at radius 2 is 2.00 bits per heavy atom. The lowest BCUT2D eigenvalue weighted by Crippen LogP contribution is -1.89. The van der Waals surface area contributed by atoms with Gasteiger partial charge in [-0.15, -0.1) is 0 Å². The monoisotopic (exact) mass is 79.0 g/mol. The van der Waals surface area contributed by atoms with E-state index < -0.39 is 0 Å². The minimum Gasteiger partial charge on any atom is -0.311 e. The minimum absolute atomic E-state index is 0.917.